The molecular formula is C27H26Cl3N3O2. The Bertz CT molecular complexity index is 1150. The highest BCUT2D eigenvalue weighted by atomic mass is 35.5. The summed E-state index contributed by atoms with van der Waals surface area (Å²) in [4.78, 5) is 17.2. The maximum absolute atomic E-state index is 12.8. The average molecular weight is 531 g/mol. The third kappa shape index (κ3) is 5.58. The first-order valence-electron chi connectivity index (χ1n) is 11.2. The van der Waals surface area contributed by atoms with Crippen LogP contribution in [0.2, 0.25) is 15.1 Å². The van der Waals surface area contributed by atoms with Gasteiger partial charge in [0, 0.05) is 20.5 Å². The number of benzene rings is 3. The molecule has 5 nitrogen and oxygen atoms in total. The minimum absolute atomic E-state index is 0.00946. The molecule has 1 saturated carbocycles. The molecule has 2 unspecified atom stereocenters. The van der Waals surface area contributed by atoms with Crippen LogP contribution in [0.25, 0.3) is 0 Å². The minimum atomic E-state index is -0.851. The molecule has 0 amide bonds. The molecule has 182 valence electrons. The number of hydrogen-bond acceptors (Lipinski definition) is 2. The van der Waals surface area contributed by atoms with Crippen molar-refractivity contribution in [1.82, 2.24) is 0 Å². The summed E-state index contributed by atoms with van der Waals surface area (Å²) in [6.07, 6.45) is 1.07. The summed E-state index contributed by atoms with van der Waals surface area (Å²) in [7, 11) is 0. The Morgan fingerprint density at radius 2 is 1.20 bits per heavy atom. The van der Waals surface area contributed by atoms with Gasteiger partial charge in [-0.2, -0.15) is 0 Å². The van der Waals surface area contributed by atoms with Gasteiger partial charge in [-0.3, -0.25) is 9.79 Å². The molecule has 0 saturated heterocycles. The summed E-state index contributed by atoms with van der Waals surface area (Å²) >= 11 is 18.5. The fourth-order valence-electron chi connectivity index (χ4n) is 5.38. The minimum Gasteiger partial charge on any atom is -0.481 e. The number of halogens is 3. The number of aliphatic imine (C=N–C) groups is 1. The molecular weight excluding hydrogens is 505 g/mol. The number of aliphatic carboxylic acids is 1. The van der Waals surface area contributed by atoms with E-state index in [-0.39, 0.29) is 17.8 Å². The molecule has 1 aliphatic carbocycles. The van der Waals surface area contributed by atoms with Gasteiger partial charge < -0.3 is 16.6 Å². The first kappa shape index (κ1) is 25.4. The smallest absolute Gasteiger partial charge is 0.307 e. The third-order valence-corrected chi connectivity index (χ3v) is 7.75. The average Bonchev–Trinajstić information content (AvgIpc) is 2.83. The zero-order chi connectivity index (χ0) is 25.2. The summed E-state index contributed by atoms with van der Waals surface area (Å²) < 4.78 is 0. The van der Waals surface area contributed by atoms with Crippen molar-refractivity contribution in [1.29, 1.82) is 0 Å². The largest absolute Gasteiger partial charge is 0.481 e. The van der Waals surface area contributed by atoms with E-state index in [0.717, 1.165) is 16.7 Å². The number of nitrogens with two attached hydrogens (primary N) is 2. The molecule has 0 aliphatic heterocycles. The van der Waals surface area contributed by atoms with Crippen LogP contribution >= 0.6 is 34.8 Å². The lowest BCUT2D eigenvalue weighted by Crippen LogP contribution is -2.45. The Labute approximate surface area is 219 Å². The lowest BCUT2D eigenvalue weighted by molar-refractivity contribution is -0.145. The summed E-state index contributed by atoms with van der Waals surface area (Å²) in [6.45, 7) is 0.317. The summed E-state index contributed by atoms with van der Waals surface area (Å²) in [5, 5.41) is 12.3. The van der Waals surface area contributed by atoms with Crippen molar-refractivity contribution >= 4 is 46.7 Å². The van der Waals surface area contributed by atoms with E-state index >= 15 is 0 Å². The van der Waals surface area contributed by atoms with Gasteiger partial charge in [0.2, 0.25) is 0 Å². The van der Waals surface area contributed by atoms with Crippen molar-refractivity contribution < 1.29 is 9.90 Å². The number of rotatable bonds is 6. The Kier molecular flexibility index (Phi) is 7.60. The van der Waals surface area contributed by atoms with Crippen LogP contribution in [0.5, 0.6) is 0 Å². The van der Waals surface area contributed by atoms with Crippen molar-refractivity contribution in [2.45, 2.75) is 30.1 Å². The van der Waals surface area contributed by atoms with Crippen LogP contribution in [0.4, 0.5) is 0 Å². The molecule has 35 heavy (non-hydrogen) atoms. The zero-order valence-corrected chi connectivity index (χ0v) is 21.1. The van der Waals surface area contributed by atoms with E-state index in [0.29, 0.717) is 34.5 Å². The topological polar surface area (TPSA) is 102 Å². The second-order valence-electron chi connectivity index (χ2n) is 9.12. The Morgan fingerprint density at radius 1 is 0.800 bits per heavy atom. The Morgan fingerprint density at radius 3 is 1.57 bits per heavy atom. The quantitative estimate of drug-likeness (QED) is 0.260. The molecule has 3 aromatic rings. The zero-order valence-electron chi connectivity index (χ0n) is 18.9. The van der Waals surface area contributed by atoms with Crippen LogP contribution in [0.3, 0.4) is 0 Å². The molecule has 0 aromatic heterocycles. The molecule has 0 bridgehead atoms. The predicted molar refractivity (Wildman–Crippen MR) is 143 cm³/mol. The van der Waals surface area contributed by atoms with E-state index in [9.17, 15) is 9.90 Å². The molecule has 0 heterocycles. The molecule has 0 radical (unpaired) electrons. The van der Waals surface area contributed by atoms with Crippen LogP contribution < -0.4 is 11.5 Å². The van der Waals surface area contributed by atoms with Crippen LogP contribution in [0, 0.1) is 5.92 Å². The number of guanidine groups is 1. The lowest BCUT2D eigenvalue weighted by atomic mass is 9.55. The molecule has 1 aliphatic rings. The highest BCUT2D eigenvalue weighted by Crippen LogP contribution is 2.55. The van der Waals surface area contributed by atoms with Gasteiger partial charge in [-0.1, -0.05) is 71.2 Å². The van der Waals surface area contributed by atoms with Gasteiger partial charge in [0.25, 0.3) is 0 Å². The number of nitrogens with zero attached hydrogens (tertiary/aromatic N) is 1. The molecule has 3 aromatic carbocycles. The second kappa shape index (κ2) is 10.5. The number of carboxylic acid groups (broad SMARTS) is 1. The van der Waals surface area contributed by atoms with Gasteiger partial charge in [0.15, 0.2) is 5.96 Å². The Balaban J connectivity index is 1.92. The SMILES string of the molecule is NC(N)=NCC1(c2ccc(Cl)cc2)CC(c2ccc(Cl)cc2)C(C(=O)O)C(c2ccc(Cl)cc2)C1. The van der Waals surface area contributed by atoms with E-state index < -0.39 is 17.3 Å². The highest BCUT2D eigenvalue weighted by molar-refractivity contribution is 6.31. The van der Waals surface area contributed by atoms with E-state index in [4.69, 9.17) is 46.3 Å². The van der Waals surface area contributed by atoms with Gasteiger partial charge in [0.05, 0.1) is 12.5 Å². The second-order valence-corrected chi connectivity index (χ2v) is 10.4. The van der Waals surface area contributed by atoms with Gasteiger partial charge in [0.1, 0.15) is 0 Å². The highest BCUT2D eigenvalue weighted by Gasteiger charge is 2.50. The molecule has 0 spiro atoms. The number of carboxylic acids is 1. The summed E-state index contributed by atoms with van der Waals surface area (Å²) in [6, 6.07) is 22.4. The van der Waals surface area contributed by atoms with E-state index in [1.807, 2.05) is 48.5 Å². The Hall–Kier alpha value is -2.73. The fourth-order valence-corrected chi connectivity index (χ4v) is 5.75. The fraction of sp³-hybridized carbons (Fsp3) is 0.259. The normalized spacial score (nSPS) is 24.0. The maximum atomic E-state index is 12.8. The molecule has 1 fully saturated rings. The molecule has 8 heteroatoms. The standard InChI is InChI=1S/C27H26Cl3N3O2/c28-19-7-1-16(2-8-19)22-13-27(15-33-26(31)32,18-5-11-21(30)12-6-18)14-23(24(22)25(34)35)17-3-9-20(29)10-4-17/h1-12,22-24H,13-15H2,(H,34,35)(H4,31,32,33). The van der Waals surface area contributed by atoms with Crippen molar-refractivity contribution in [3.8, 4) is 0 Å². The van der Waals surface area contributed by atoms with Crippen LogP contribution in [-0.2, 0) is 10.2 Å². The number of carbonyl (C=O) groups is 1. The van der Waals surface area contributed by atoms with E-state index in [1.165, 1.54) is 0 Å². The van der Waals surface area contributed by atoms with Gasteiger partial charge in [-0.05, 0) is 77.8 Å². The van der Waals surface area contributed by atoms with Crippen molar-refractivity contribution in [3.05, 3.63) is 105 Å². The molecule has 4 rings (SSSR count). The first-order chi connectivity index (χ1) is 16.7. The predicted octanol–water partition coefficient (Wildman–Crippen LogP) is 6.22. The van der Waals surface area contributed by atoms with Gasteiger partial charge in [-0.25, -0.2) is 0 Å². The van der Waals surface area contributed by atoms with E-state index in [1.54, 1.807) is 24.3 Å². The lowest BCUT2D eigenvalue weighted by Gasteiger charge is -2.48. The monoisotopic (exact) mass is 529 g/mol. The van der Waals surface area contributed by atoms with Gasteiger partial charge >= 0.3 is 5.97 Å². The van der Waals surface area contributed by atoms with Crippen molar-refractivity contribution in [2.75, 3.05) is 6.54 Å². The van der Waals surface area contributed by atoms with Crippen LogP contribution in [-0.4, -0.2) is 23.6 Å². The summed E-state index contributed by atoms with van der Waals surface area (Å²) in [5.41, 5.74) is 13.8. The van der Waals surface area contributed by atoms with Crippen molar-refractivity contribution in [3.63, 3.8) is 0 Å². The van der Waals surface area contributed by atoms with Crippen molar-refractivity contribution in [2.24, 2.45) is 22.4 Å². The molecule has 2 atom stereocenters. The third-order valence-electron chi connectivity index (χ3n) is 6.99. The van der Waals surface area contributed by atoms with E-state index in [2.05, 4.69) is 4.99 Å². The first-order valence-corrected chi connectivity index (χ1v) is 12.4. The van der Waals surface area contributed by atoms with Crippen LogP contribution in [0.1, 0.15) is 41.4 Å². The van der Waals surface area contributed by atoms with Crippen LogP contribution in [0.15, 0.2) is 77.8 Å². The maximum Gasteiger partial charge on any atom is 0.307 e. The molecule has 5 N–H and O–H groups in total. The summed E-state index contributed by atoms with van der Waals surface area (Å²) in [5.74, 6) is -2.16. The van der Waals surface area contributed by atoms with Gasteiger partial charge in [-0.15, -0.1) is 0 Å². The number of hydrogen-bond donors (Lipinski definition) is 3.